The molecule has 1 aliphatic rings. The summed E-state index contributed by atoms with van der Waals surface area (Å²) in [5, 5.41) is 19.0. The van der Waals surface area contributed by atoms with Gasteiger partial charge in [0.25, 0.3) is 0 Å². The van der Waals surface area contributed by atoms with Crippen LogP contribution in [0.3, 0.4) is 0 Å². The zero-order valence-electron chi connectivity index (χ0n) is 18.2. The van der Waals surface area contributed by atoms with Gasteiger partial charge in [0.05, 0.1) is 23.9 Å². The first-order valence-corrected chi connectivity index (χ1v) is 11.5. The zero-order valence-corrected chi connectivity index (χ0v) is 19.0. The molecule has 0 spiro atoms. The van der Waals surface area contributed by atoms with E-state index in [4.69, 9.17) is 0 Å². The highest BCUT2D eigenvalue weighted by molar-refractivity contribution is 7.91. The number of benzene rings is 1. The number of likely N-dealkylation sites (tertiary alicyclic amines) is 1. The number of piperidine rings is 1. The molecule has 3 rings (SSSR count). The lowest BCUT2D eigenvalue weighted by Crippen LogP contribution is -2.49. The third kappa shape index (κ3) is 5.34. The Morgan fingerprint density at radius 3 is 2.77 bits per heavy atom. The number of aryl methyl sites for hydroxylation is 3. The maximum atomic E-state index is 14.1. The van der Waals surface area contributed by atoms with Crippen molar-refractivity contribution in [2.24, 2.45) is 11.4 Å². The smallest absolute Gasteiger partial charge is 0.345 e. The first-order valence-electron chi connectivity index (χ1n) is 10.1. The van der Waals surface area contributed by atoms with E-state index in [2.05, 4.69) is 14.8 Å². The Morgan fingerprint density at radius 1 is 1.42 bits per heavy atom. The van der Waals surface area contributed by atoms with Gasteiger partial charge in [-0.25, -0.2) is 8.70 Å². The quantitative estimate of drug-likeness (QED) is 0.526. The number of aromatic nitrogens is 2. The molecule has 1 fully saturated rings. The molecule has 0 radical (unpaired) electrons. The van der Waals surface area contributed by atoms with Crippen molar-refractivity contribution in [3.8, 4) is 0 Å². The summed E-state index contributed by atoms with van der Waals surface area (Å²) in [6, 6.07) is 1.52. The summed E-state index contributed by atoms with van der Waals surface area (Å²) in [5.74, 6) is -0.339. The average molecular weight is 452 g/mol. The summed E-state index contributed by atoms with van der Waals surface area (Å²) < 4.78 is 46.6. The number of likely N-dealkylation sites (N-methyl/N-ethyl adjacent to an activating group) is 1. The van der Waals surface area contributed by atoms with Crippen molar-refractivity contribution in [1.82, 2.24) is 14.7 Å². The van der Waals surface area contributed by atoms with E-state index in [9.17, 15) is 17.9 Å². The Kier molecular flexibility index (Phi) is 6.85. The van der Waals surface area contributed by atoms with Crippen LogP contribution in [0, 0.1) is 12.7 Å². The number of anilines is 2. The van der Waals surface area contributed by atoms with Crippen molar-refractivity contribution in [1.29, 1.82) is 0 Å². The van der Waals surface area contributed by atoms with E-state index in [-0.39, 0.29) is 11.9 Å². The van der Waals surface area contributed by atoms with Crippen molar-refractivity contribution in [2.75, 3.05) is 29.8 Å². The van der Waals surface area contributed by atoms with Gasteiger partial charge in [-0.3, -0.25) is 4.68 Å². The zero-order chi connectivity index (χ0) is 22.8. The Balaban J connectivity index is 1.92. The molecule has 1 atom stereocenters. The fraction of sp³-hybridized carbons (Fsp3) is 0.500. The normalized spacial score (nSPS) is 18.2. The minimum absolute atomic E-state index is 0.296. The minimum atomic E-state index is -4.35. The number of nitrogens with one attached hydrogen (secondary N) is 1. The summed E-state index contributed by atoms with van der Waals surface area (Å²) in [4.78, 5) is 2.04. The summed E-state index contributed by atoms with van der Waals surface area (Å²) in [5.41, 5.74) is 1.44. The van der Waals surface area contributed by atoms with E-state index >= 15 is 0 Å². The summed E-state index contributed by atoms with van der Waals surface area (Å²) in [6.07, 6.45) is 4.93. The summed E-state index contributed by atoms with van der Waals surface area (Å²) in [6.45, 7) is 4.77. The number of amidine groups is 1. The molecular weight excluding hydrogens is 423 g/mol. The predicted octanol–water partition coefficient (Wildman–Crippen LogP) is 1.40. The molecule has 1 N–H and O–H groups in total. The van der Waals surface area contributed by atoms with Crippen molar-refractivity contribution in [3.05, 3.63) is 41.5 Å². The first-order chi connectivity index (χ1) is 14.6. The molecule has 11 heteroatoms. The second-order valence-electron chi connectivity index (χ2n) is 7.85. The molecule has 1 aromatic heterocycles. The Labute approximate surface area is 182 Å². The van der Waals surface area contributed by atoms with Crippen LogP contribution < -0.4 is 14.7 Å². The minimum Gasteiger partial charge on any atom is -0.845 e. The van der Waals surface area contributed by atoms with Gasteiger partial charge >= 0.3 is 10.2 Å². The highest BCUT2D eigenvalue weighted by Gasteiger charge is 2.33. The Morgan fingerprint density at radius 2 is 2.16 bits per heavy atom. The lowest BCUT2D eigenvalue weighted by molar-refractivity contribution is -0.213. The second kappa shape index (κ2) is 9.23. The van der Waals surface area contributed by atoms with Gasteiger partial charge in [0.2, 0.25) is 0 Å². The average Bonchev–Trinajstić information content (AvgIpc) is 3.09. The maximum absolute atomic E-state index is 14.1. The fourth-order valence-electron chi connectivity index (χ4n) is 3.85. The maximum Gasteiger partial charge on any atom is 0.345 e. The van der Waals surface area contributed by atoms with Gasteiger partial charge < -0.3 is 15.3 Å². The molecule has 0 amide bonds. The van der Waals surface area contributed by atoms with Gasteiger partial charge in [0, 0.05) is 25.5 Å². The Hall–Kier alpha value is -2.66. The fourth-order valence-corrected chi connectivity index (χ4v) is 5.10. The molecule has 170 valence electrons. The first kappa shape index (κ1) is 23.0. The molecule has 0 bridgehead atoms. The van der Waals surface area contributed by atoms with Crippen LogP contribution >= 0.6 is 0 Å². The molecule has 2 aromatic rings. The molecule has 2 heterocycles. The van der Waals surface area contributed by atoms with E-state index in [1.165, 1.54) is 27.3 Å². The van der Waals surface area contributed by atoms with Crippen LogP contribution in [0.15, 0.2) is 28.9 Å². The number of rotatable bonds is 6. The van der Waals surface area contributed by atoms with Gasteiger partial charge in [0.15, 0.2) is 0 Å². The molecule has 9 nitrogen and oxygen atoms in total. The highest BCUT2D eigenvalue weighted by atomic mass is 32.2. The van der Waals surface area contributed by atoms with Crippen molar-refractivity contribution >= 4 is 27.6 Å². The molecule has 1 saturated heterocycles. The van der Waals surface area contributed by atoms with Gasteiger partial charge in [-0.05, 0) is 63.0 Å². The van der Waals surface area contributed by atoms with Crippen LogP contribution in [0.25, 0.3) is 0 Å². The highest BCUT2D eigenvalue weighted by Crippen LogP contribution is 2.26. The van der Waals surface area contributed by atoms with Gasteiger partial charge in [0.1, 0.15) is 5.82 Å². The largest absolute Gasteiger partial charge is 0.845 e. The lowest BCUT2D eigenvalue weighted by atomic mass is 10.1. The standard InChI is InChI=1S/C20H29FN6O3S/c1-5-15-10-16(9-14(2)19(15)21)23-20(28)24-31(29,30)27(18-11-22-26(4)13-18)17-7-6-8-25(3)12-17/h9-11,13,17H,5-8,12H2,1-4H3,(H2,23,24,28)/p-1. The number of hydrogen-bond donors (Lipinski definition) is 1. The Bertz CT molecular complexity index is 1070. The van der Waals surface area contributed by atoms with E-state index in [0.717, 1.165) is 13.0 Å². The second-order valence-corrected chi connectivity index (χ2v) is 9.32. The topological polar surface area (TPSA) is 106 Å². The third-order valence-corrected chi connectivity index (χ3v) is 6.69. The van der Waals surface area contributed by atoms with Crippen molar-refractivity contribution < 1.29 is 17.9 Å². The van der Waals surface area contributed by atoms with Gasteiger partial charge in [-0.15, -0.1) is 4.40 Å². The van der Waals surface area contributed by atoms with E-state index in [1.54, 1.807) is 27.1 Å². The predicted molar refractivity (Wildman–Crippen MR) is 117 cm³/mol. The van der Waals surface area contributed by atoms with Gasteiger partial charge in [-0.2, -0.15) is 13.5 Å². The van der Waals surface area contributed by atoms with Crippen LogP contribution in [-0.2, 0) is 23.7 Å². The van der Waals surface area contributed by atoms with E-state index < -0.39 is 16.2 Å². The number of hydrogen-bond acceptors (Lipinski definition) is 5. The molecule has 31 heavy (non-hydrogen) atoms. The summed E-state index contributed by atoms with van der Waals surface area (Å²) >= 11 is 0. The lowest BCUT2D eigenvalue weighted by Gasteiger charge is -2.36. The molecule has 1 unspecified atom stereocenters. The SMILES string of the molecule is CCc1cc(N/C([O-])=N/S(=O)(=O)N(c2cnn(C)c2)C2CCCN(C)C2)cc(C)c1F. The van der Waals surface area contributed by atoms with Crippen molar-refractivity contribution in [3.63, 3.8) is 0 Å². The van der Waals surface area contributed by atoms with Crippen LogP contribution in [-0.4, -0.2) is 55.3 Å². The van der Waals surface area contributed by atoms with Crippen LogP contribution in [0.4, 0.5) is 15.8 Å². The molecule has 0 aliphatic carbocycles. The van der Waals surface area contributed by atoms with Crippen LogP contribution in [0.1, 0.15) is 30.9 Å². The monoisotopic (exact) mass is 451 g/mol. The molecule has 1 aliphatic heterocycles. The van der Waals surface area contributed by atoms with E-state index in [0.29, 0.717) is 41.9 Å². The van der Waals surface area contributed by atoms with Crippen LogP contribution in [0.2, 0.25) is 0 Å². The molecule has 0 saturated carbocycles. The van der Waals surface area contributed by atoms with Gasteiger partial charge in [-0.1, -0.05) is 6.92 Å². The third-order valence-electron chi connectivity index (χ3n) is 5.29. The molecular formula is C20H28FN6O3S-. The van der Waals surface area contributed by atoms with Crippen LogP contribution in [0.5, 0.6) is 0 Å². The van der Waals surface area contributed by atoms with E-state index in [1.807, 2.05) is 11.9 Å². The van der Waals surface area contributed by atoms with Crippen molar-refractivity contribution in [2.45, 2.75) is 39.2 Å². The number of halogens is 1. The summed E-state index contributed by atoms with van der Waals surface area (Å²) in [7, 11) is -0.736. The molecule has 1 aromatic carbocycles. The number of nitrogens with zero attached hydrogens (tertiary/aromatic N) is 5.